The highest BCUT2D eigenvalue weighted by atomic mass is 32.1. The fourth-order valence-electron chi connectivity index (χ4n) is 2.97. The quantitative estimate of drug-likeness (QED) is 0.915. The Kier molecular flexibility index (Phi) is 4.93. The van der Waals surface area contributed by atoms with Gasteiger partial charge in [-0.05, 0) is 44.0 Å². The van der Waals surface area contributed by atoms with E-state index in [0.29, 0.717) is 5.75 Å². The van der Waals surface area contributed by atoms with Gasteiger partial charge in [0.2, 0.25) is 5.91 Å². The Morgan fingerprint density at radius 3 is 3.13 bits per heavy atom. The van der Waals surface area contributed by atoms with Gasteiger partial charge < -0.3 is 10.1 Å². The maximum absolute atomic E-state index is 12.7. The van der Waals surface area contributed by atoms with Crippen LogP contribution < -0.4 is 10.1 Å². The lowest BCUT2D eigenvalue weighted by molar-refractivity contribution is -0.120. The van der Waals surface area contributed by atoms with Crippen molar-refractivity contribution in [2.45, 2.75) is 32.4 Å². The van der Waals surface area contributed by atoms with Crippen LogP contribution in [0.1, 0.15) is 23.3 Å². The van der Waals surface area contributed by atoms with Crippen LogP contribution in [-0.2, 0) is 11.3 Å². The fraction of sp³-hybridized carbons (Fsp3) is 0.412. The topological polar surface area (TPSA) is 54.5 Å². The van der Waals surface area contributed by atoms with Crippen molar-refractivity contribution in [3.8, 4) is 5.75 Å². The van der Waals surface area contributed by atoms with Crippen LogP contribution in [0.3, 0.4) is 0 Å². The summed E-state index contributed by atoms with van der Waals surface area (Å²) in [5, 5.41) is 3.04. The van der Waals surface area contributed by atoms with Gasteiger partial charge in [-0.3, -0.25) is 14.7 Å². The third-order valence-corrected chi connectivity index (χ3v) is 4.89. The minimum Gasteiger partial charge on any atom is -0.495 e. The Labute approximate surface area is 140 Å². The van der Waals surface area contributed by atoms with Crippen molar-refractivity contribution in [1.82, 2.24) is 9.88 Å². The van der Waals surface area contributed by atoms with E-state index in [-0.39, 0.29) is 11.9 Å². The molecule has 1 saturated heterocycles. The molecular weight excluding hydrogens is 310 g/mol. The van der Waals surface area contributed by atoms with E-state index in [4.69, 9.17) is 4.74 Å². The number of anilines is 1. The normalized spacial score (nSPS) is 18.1. The first kappa shape index (κ1) is 16.0. The summed E-state index contributed by atoms with van der Waals surface area (Å²) in [5.74, 6) is 0.729. The highest BCUT2D eigenvalue weighted by Gasteiger charge is 2.31. The Balaban J connectivity index is 1.71. The monoisotopic (exact) mass is 331 g/mol. The summed E-state index contributed by atoms with van der Waals surface area (Å²) in [6.07, 6.45) is 3.81. The second kappa shape index (κ2) is 7.10. The molecule has 0 radical (unpaired) electrons. The molecule has 1 aliphatic heterocycles. The third-order valence-electron chi connectivity index (χ3n) is 4.12. The average molecular weight is 331 g/mol. The number of aromatic nitrogens is 1. The Morgan fingerprint density at radius 1 is 1.52 bits per heavy atom. The number of rotatable bonds is 5. The number of thiazole rings is 1. The number of likely N-dealkylation sites (tertiary alicyclic amines) is 1. The maximum atomic E-state index is 12.7. The zero-order valence-electron chi connectivity index (χ0n) is 13.4. The van der Waals surface area contributed by atoms with Crippen LogP contribution >= 0.6 is 11.3 Å². The molecule has 0 aliphatic carbocycles. The minimum absolute atomic E-state index is 0.0379. The van der Waals surface area contributed by atoms with Crippen molar-refractivity contribution >= 4 is 22.9 Å². The number of nitrogens with one attached hydrogen (secondary N) is 1. The molecule has 0 saturated carbocycles. The Morgan fingerprint density at radius 2 is 2.39 bits per heavy atom. The fourth-order valence-corrected chi connectivity index (χ4v) is 3.59. The number of methoxy groups -OCH3 is 1. The first-order valence-corrected chi connectivity index (χ1v) is 8.62. The summed E-state index contributed by atoms with van der Waals surface area (Å²) in [6, 6.07) is 5.70. The van der Waals surface area contributed by atoms with E-state index in [9.17, 15) is 4.79 Å². The average Bonchev–Trinajstić information content (AvgIpc) is 3.19. The summed E-state index contributed by atoms with van der Waals surface area (Å²) >= 11 is 1.63. The molecule has 1 N–H and O–H groups in total. The number of hydrogen-bond acceptors (Lipinski definition) is 5. The van der Waals surface area contributed by atoms with Crippen LogP contribution in [-0.4, -0.2) is 35.5 Å². The number of benzene rings is 1. The van der Waals surface area contributed by atoms with Crippen molar-refractivity contribution < 1.29 is 9.53 Å². The van der Waals surface area contributed by atoms with E-state index < -0.39 is 0 Å². The molecule has 1 fully saturated rings. The molecule has 1 atom stereocenters. The van der Waals surface area contributed by atoms with Crippen LogP contribution in [0.4, 0.5) is 5.69 Å². The molecule has 1 aromatic heterocycles. The maximum Gasteiger partial charge on any atom is 0.241 e. The number of carbonyl (C=O) groups is 1. The van der Waals surface area contributed by atoms with E-state index in [2.05, 4.69) is 15.2 Å². The van der Waals surface area contributed by atoms with Crippen molar-refractivity contribution in [2.75, 3.05) is 19.0 Å². The second-order valence-corrected chi connectivity index (χ2v) is 6.76. The number of aryl methyl sites for hydroxylation is 1. The van der Waals surface area contributed by atoms with Gasteiger partial charge in [0.1, 0.15) is 5.75 Å². The minimum atomic E-state index is -0.0951. The molecule has 1 aliphatic rings. The molecule has 6 heteroatoms. The molecule has 1 amide bonds. The predicted octanol–water partition coefficient (Wildman–Crippen LogP) is 3.06. The number of carbonyl (C=O) groups excluding carboxylic acids is 1. The zero-order chi connectivity index (χ0) is 16.2. The first-order valence-electron chi connectivity index (χ1n) is 7.74. The molecule has 1 aromatic carbocycles. The van der Waals surface area contributed by atoms with Crippen LogP contribution in [0.5, 0.6) is 5.75 Å². The zero-order valence-corrected chi connectivity index (χ0v) is 14.2. The van der Waals surface area contributed by atoms with Crippen LogP contribution in [0, 0.1) is 6.92 Å². The van der Waals surface area contributed by atoms with E-state index in [1.54, 1.807) is 18.4 Å². The van der Waals surface area contributed by atoms with Gasteiger partial charge in [-0.25, -0.2) is 0 Å². The molecule has 3 rings (SSSR count). The molecule has 122 valence electrons. The van der Waals surface area contributed by atoms with Crippen molar-refractivity contribution in [2.24, 2.45) is 0 Å². The highest BCUT2D eigenvalue weighted by molar-refractivity contribution is 7.09. The summed E-state index contributed by atoms with van der Waals surface area (Å²) < 4.78 is 5.34. The van der Waals surface area contributed by atoms with Crippen LogP contribution in [0.15, 0.2) is 29.9 Å². The molecule has 0 bridgehead atoms. The second-order valence-electron chi connectivity index (χ2n) is 5.79. The van der Waals surface area contributed by atoms with Gasteiger partial charge >= 0.3 is 0 Å². The molecule has 0 spiro atoms. The van der Waals surface area contributed by atoms with Gasteiger partial charge in [0.25, 0.3) is 0 Å². The Bertz CT molecular complexity index is 672. The van der Waals surface area contributed by atoms with Crippen molar-refractivity contribution in [3.05, 3.63) is 40.3 Å². The number of nitrogens with zero attached hydrogens (tertiary/aromatic N) is 2. The first-order chi connectivity index (χ1) is 11.2. The number of hydrogen-bond donors (Lipinski definition) is 1. The van der Waals surface area contributed by atoms with E-state index in [1.165, 1.54) is 4.88 Å². The van der Waals surface area contributed by atoms with Crippen molar-refractivity contribution in [1.29, 1.82) is 0 Å². The lowest BCUT2D eigenvalue weighted by Crippen LogP contribution is -2.39. The summed E-state index contributed by atoms with van der Waals surface area (Å²) in [7, 11) is 1.62. The lowest BCUT2D eigenvalue weighted by atomic mass is 10.1. The summed E-state index contributed by atoms with van der Waals surface area (Å²) in [6.45, 7) is 3.73. The predicted molar refractivity (Wildman–Crippen MR) is 91.9 cm³/mol. The number of amides is 1. The van der Waals surface area contributed by atoms with Gasteiger partial charge in [0, 0.05) is 17.6 Å². The summed E-state index contributed by atoms with van der Waals surface area (Å²) in [4.78, 5) is 20.2. The number of ether oxygens (including phenoxy) is 1. The van der Waals surface area contributed by atoms with Gasteiger partial charge in [-0.2, -0.15) is 0 Å². The van der Waals surface area contributed by atoms with E-state index in [1.807, 2.05) is 36.8 Å². The molecule has 23 heavy (non-hydrogen) atoms. The standard InChI is InChI=1S/C17H21N3O2S/c1-12-5-6-16(22-2)14(8-12)19-17(21)15-4-3-7-20(15)10-13-9-18-11-23-13/h5-6,8-9,11,15H,3-4,7,10H2,1-2H3,(H,19,21)/t15-/m0/s1. The van der Waals surface area contributed by atoms with E-state index >= 15 is 0 Å². The molecule has 0 unspecified atom stereocenters. The van der Waals surface area contributed by atoms with E-state index in [0.717, 1.165) is 37.2 Å². The smallest absolute Gasteiger partial charge is 0.241 e. The third kappa shape index (κ3) is 3.71. The summed E-state index contributed by atoms with van der Waals surface area (Å²) in [5.41, 5.74) is 3.66. The van der Waals surface area contributed by atoms with Gasteiger partial charge in [0.05, 0.1) is 24.3 Å². The van der Waals surface area contributed by atoms with Crippen LogP contribution in [0.25, 0.3) is 0 Å². The highest BCUT2D eigenvalue weighted by Crippen LogP contribution is 2.27. The van der Waals surface area contributed by atoms with Gasteiger partial charge in [0.15, 0.2) is 0 Å². The largest absolute Gasteiger partial charge is 0.495 e. The Hall–Kier alpha value is -1.92. The SMILES string of the molecule is COc1ccc(C)cc1NC(=O)[C@@H]1CCCN1Cc1cncs1. The lowest BCUT2D eigenvalue weighted by Gasteiger charge is -2.23. The van der Waals surface area contributed by atoms with Gasteiger partial charge in [-0.15, -0.1) is 11.3 Å². The molecule has 2 aromatic rings. The molecule has 2 heterocycles. The molecule has 5 nitrogen and oxygen atoms in total. The van der Waals surface area contributed by atoms with Crippen LogP contribution in [0.2, 0.25) is 0 Å². The van der Waals surface area contributed by atoms with Gasteiger partial charge in [-0.1, -0.05) is 6.07 Å². The molecular formula is C17H21N3O2S. The van der Waals surface area contributed by atoms with Crippen molar-refractivity contribution in [3.63, 3.8) is 0 Å².